The molecular weight excluding hydrogens is 278 g/mol. The van der Waals surface area contributed by atoms with Crippen molar-refractivity contribution < 1.29 is 4.39 Å². The summed E-state index contributed by atoms with van der Waals surface area (Å²) in [6, 6.07) is 5.80. The fourth-order valence-corrected chi connectivity index (χ4v) is 1.52. The zero-order chi connectivity index (χ0) is 13.1. The lowest BCUT2D eigenvalue weighted by atomic mass is 10.2. The van der Waals surface area contributed by atoms with E-state index in [1.54, 1.807) is 18.2 Å². The van der Waals surface area contributed by atoms with Crippen LogP contribution in [0.1, 0.15) is 5.56 Å². The predicted molar refractivity (Wildman–Crippen MR) is 70.1 cm³/mol. The van der Waals surface area contributed by atoms with Crippen LogP contribution < -0.4 is 5.56 Å². The molecule has 1 aromatic carbocycles. The van der Waals surface area contributed by atoms with Crippen molar-refractivity contribution in [2.45, 2.75) is 0 Å². The molecule has 0 fully saturated rings. The molecule has 6 heteroatoms. The molecular formula is C12H7Cl2FN2O. The van der Waals surface area contributed by atoms with Crippen molar-refractivity contribution in [3.8, 4) is 0 Å². The Balaban J connectivity index is 2.32. The van der Waals surface area contributed by atoms with Crippen LogP contribution in [0.15, 0.2) is 35.3 Å². The predicted octanol–water partition coefficient (Wildman–Crippen LogP) is 3.32. The monoisotopic (exact) mass is 284 g/mol. The van der Waals surface area contributed by atoms with Gasteiger partial charge in [0.25, 0.3) is 5.56 Å². The van der Waals surface area contributed by atoms with Gasteiger partial charge in [-0.05, 0) is 23.8 Å². The molecule has 1 heterocycles. The lowest BCUT2D eigenvalue weighted by Gasteiger charge is -1.99. The maximum absolute atomic E-state index is 12.7. The highest BCUT2D eigenvalue weighted by atomic mass is 35.5. The van der Waals surface area contributed by atoms with Crippen molar-refractivity contribution in [2.75, 3.05) is 0 Å². The summed E-state index contributed by atoms with van der Waals surface area (Å²) in [5.74, 6) is -0.322. The van der Waals surface area contributed by atoms with Gasteiger partial charge in [-0.2, -0.15) is 5.10 Å². The molecule has 0 aliphatic rings. The first kappa shape index (κ1) is 12.8. The van der Waals surface area contributed by atoms with E-state index in [9.17, 15) is 9.18 Å². The number of benzene rings is 1. The average Bonchev–Trinajstić information content (AvgIpc) is 2.37. The molecule has 0 aliphatic heterocycles. The largest absolute Gasteiger partial charge is 0.291 e. The van der Waals surface area contributed by atoms with Crippen molar-refractivity contribution in [3.05, 3.63) is 62.2 Å². The molecule has 0 bridgehead atoms. The third-order valence-electron chi connectivity index (χ3n) is 2.18. The Kier molecular flexibility index (Phi) is 3.79. The maximum Gasteiger partial charge on any atom is 0.291 e. The molecule has 0 saturated carbocycles. The van der Waals surface area contributed by atoms with Crippen molar-refractivity contribution in [3.63, 3.8) is 0 Å². The molecule has 18 heavy (non-hydrogen) atoms. The summed E-state index contributed by atoms with van der Waals surface area (Å²) >= 11 is 11.3. The third-order valence-corrected chi connectivity index (χ3v) is 2.93. The van der Waals surface area contributed by atoms with E-state index in [1.807, 2.05) is 0 Å². The quantitative estimate of drug-likeness (QED) is 0.848. The van der Waals surface area contributed by atoms with Gasteiger partial charge in [0, 0.05) is 6.20 Å². The number of hydrogen-bond donors (Lipinski definition) is 0. The molecule has 0 saturated heterocycles. The fraction of sp³-hybridized carbons (Fsp3) is 0. The Labute approximate surface area is 112 Å². The Hall–Kier alpha value is -1.65. The minimum absolute atomic E-state index is 0.0876. The van der Waals surface area contributed by atoms with Crippen LogP contribution in [0, 0.1) is 5.82 Å². The van der Waals surface area contributed by atoms with Crippen molar-refractivity contribution in [1.82, 2.24) is 9.78 Å². The highest BCUT2D eigenvalue weighted by Gasteiger charge is 2.04. The Morgan fingerprint density at radius 3 is 2.56 bits per heavy atom. The van der Waals surface area contributed by atoms with E-state index >= 15 is 0 Å². The maximum atomic E-state index is 12.7. The molecule has 0 radical (unpaired) electrons. The molecule has 0 N–H and O–H groups in total. The first-order valence-electron chi connectivity index (χ1n) is 4.94. The van der Waals surface area contributed by atoms with Gasteiger partial charge >= 0.3 is 0 Å². The van der Waals surface area contributed by atoms with Crippen LogP contribution in [0.3, 0.4) is 0 Å². The van der Waals surface area contributed by atoms with E-state index in [0.717, 1.165) is 10.2 Å². The van der Waals surface area contributed by atoms with Gasteiger partial charge in [-0.1, -0.05) is 35.3 Å². The van der Waals surface area contributed by atoms with E-state index in [0.29, 0.717) is 0 Å². The highest BCUT2D eigenvalue weighted by molar-refractivity contribution is 6.41. The van der Waals surface area contributed by atoms with Crippen LogP contribution in [0.25, 0.3) is 12.3 Å². The van der Waals surface area contributed by atoms with Crippen LogP contribution in [-0.4, -0.2) is 9.78 Å². The molecule has 0 unspecified atom stereocenters. The first-order chi connectivity index (χ1) is 8.58. The van der Waals surface area contributed by atoms with Gasteiger partial charge in [-0.15, -0.1) is 0 Å². The van der Waals surface area contributed by atoms with Crippen molar-refractivity contribution in [2.24, 2.45) is 0 Å². The van der Waals surface area contributed by atoms with Crippen LogP contribution in [0.5, 0.6) is 0 Å². The van der Waals surface area contributed by atoms with Crippen LogP contribution >= 0.6 is 23.2 Å². The number of rotatable bonds is 2. The SMILES string of the molecule is O=c1c(Cl)c(Cl)cnn1/C=C/c1ccc(F)cc1. The van der Waals surface area contributed by atoms with Crippen LogP contribution in [0.4, 0.5) is 4.39 Å². The van der Waals surface area contributed by atoms with Crippen LogP contribution in [0.2, 0.25) is 10.0 Å². The molecule has 1 aromatic heterocycles. The van der Waals surface area contributed by atoms with Crippen molar-refractivity contribution in [1.29, 1.82) is 0 Å². The summed E-state index contributed by atoms with van der Waals surface area (Å²) in [7, 11) is 0. The van der Waals surface area contributed by atoms with Gasteiger partial charge in [0.15, 0.2) is 0 Å². The Bertz CT molecular complexity index is 650. The summed E-state index contributed by atoms with van der Waals surface area (Å²) in [5, 5.41) is 3.82. The third kappa shape index (κ3) is 2.78. The number of aromatic nitrogens is 2. The van der Waals surface area contributed by atoms with Gasteiger partial charge in [-0.3, -0.25) is 4.79 Å². The zero-order valence-electron chi connectivity index (χ0n) is 8.98. The molecule has 2 aromatic rings. The van der Waals surface area contributed by atoms with E-state index in [1.165, 1.54) is 24.5 Å². The first-order valence-corrected chi connectivity index (χ1v) is 5.70. The summed E-state index contributed by atoms with van der Waals surface area (Å²) < 4.78 is 13.7. The minimum atomic E-state index is -0.512. The van der Waals surface area contributed by atoms with Crippen LogP contribution in [-0.2, 0) is 0 Å². The lowest BCUT2D eigenvalue weighted by molar-refractivity contribution is 0.628. The zero-order valence-corrected chi connectivity index (χ0v) is 10.5. The number of hydrogen-bond acceptors (Lipinski definition) is 2. The van der Waals surface area contributed by atoms with E-state index in [4.69, 9.17) is 23.2 Å². The molecule has 3 nitrogen and oxygen atoms in total. The standard InChI is InChI=1S/C12H7Cl2FN2O/c13-10-7-16-17(12(18)11(10)14)6-5-8-1-3-9(15)4-2-8/h1-7H/b6-5+. The molecule has 2 rings (SSSR count). The van der Waals surface area contributed by atoms with Gasteiger partial charge in [0.05, 0.1) is 11.2 Å². The summed E-state index contributed by atoms with van der Waals surface area (Å²) in [5.41, 5.74) is 0.221. The minimum Gasteiger partial charge on any atom is -0.266 e. The second-order valence-electron chi connectivity index (χ2n) is 3.42. The topological polar surface area (TPSA) is 34.9 Å². The molecule has 0 aliphatic carbocycles. The molecule has 0 spiro atoms. The fourth-order valence-electron chi connectivity index (χ4n) is 1.26. The molecule has 0 amide bonds. The smallest absolute Gasteiger partial charge is 0.266 e. The summed E-state index contributed by atoms with van der Waals surface area (Å²) in [6.07, 6.45) is 4.32. The summed E-state index contributed by atoms with van der Waals surface area (Å²) in [4.78, 5) is 11.6. The second kappa shape index (κ2) is 5.33. The normalized spacial score (nSPS) is 11.1. The Morgan fingerprint density at radius 2 is 1.89 bits per heavy atom. The van der Waals surface area contributed by atoms with Gasteiger partial charge in [0.1, 0.15) is 10.8 Å². The van der Waals surface area contributed by atoms with E-state index in [-0.39, 0.29) is 15.9 Å². The molecule has 92 valence electrons. The summed E-state index contributed by atoms with van der Waals surface area (Å²) in [6.45, 7) is 0. The van der Waals surface area contributed by atoms with Gasteiger partial charge in [0.2, 0.25) is 0 Å². The number of nitrogens with zero attached hydrogens (tertiary/aromatic N) is 2. The average molecular weight is 285 g/mol. The van der Waals surface area contributed by atoms with Gasteiger partial charge in [-0.25, -0.2) is 9.07 Å². The highest BCUT2D eigenvalue weighted by Crippen LogP contribution is 2.14. The Morgan fingerprint density at radius 1 is 1.22 bits per heavy atom. The number of halogens is 3. The van der Waals surface area contributed by atoms with Gasteiger partial charge < -0.3 is 0 Å². The van der Waals surface area contributed by atoms with E-state index < -0.39 is 5.56 Å². The second-order valence-corrected chi connectivity index (χ2v) is 4.21. The lowest BCUT2D eigenvalue weighted by Crippen LogP contribution is -2.18. The van der Waals surface area contributed by atoms with Crippen molar-refractivity contribution >= 4 is 35.5 Å². The molecule has 0 atom stereocenters. The van der Waals surface area contributed by atoms with E-state index in [2.05, 4.69) is 5.10 Å².